The maximum atomic E-state index is 13.4. The van der Waals surface area contributed by atoms with Gasteiger partial charge in [-0.1, -0.05) is 32.9 Å². The Morgan fingerprint density at radius 3 is 2.23 bits per heavy atom. The van der Waals surface area contributed by atoms with Crippen molar-refractivity contribution < 1.29 is 18.8 Å². The first-order chi connectivity index (χ1) is 14.6. The van der Waals surface area contributed by atoms with E-state index in [-0.39, 0.29) is 41.4 Å². The number of nitrogens with zero attached hydrogens (tertiary/aromatic N) is 3. The van der Waals surface area contributed by atoms with E-state index in [4.69, 9.17) is 0 Å². The fourth-order valence-electron chi connectivity index (χ4n) is 3.97. The van der Waals surface area contributed by atoms with Crippen LogP contribution in [0.1, 0.15) is 39.3 Å². The third kappa shape index (κ3) is 4.02. The van der Waals surface area contributed by atoms with Gasteiger partial charge in [-0.3, -0.25) is 19.3 Å². The lowest BCUT2D eigenvalue weighted by Gasteiger charge is -2.15. The quantitative estimate of drug-likeness (QED) is 0.603. The van der Waals surface area contributed by atoms with E-state index >= 15 is 0 Å². The summed E-state index contributed by atoms with van der Waals surface area (Å²) in [5.74, 6) is -1.81. The molecule has 1 N–H and O–H groups in total. The molecule has 1 fully saturated rings. The van der Waals surface area contributed by atoms with Crippen LogP contribution in [0.4, 0.5) is 10.2 Å². The molecule has 4 rings (SSSR count). The molecule has 1 aliphatic carbocycles. The Hall–Kier alpha value is -3.29. The zero-order valence-electron chi connectivity index (χ0n) is 17.8. The third-order valence-corrected chi connectivity index (χ3v) is 5.72. The minimum Gasteiger partial charge on any atom is -0.309 e. The highest BCUT2D eigenvalue weighted by atomic mass is 19.1. The van der Waals surface area contributed by atoms with E-state index in [2.05, 4.69) is 10.4 Å². The van der Waals surface area contributed by atoms with Gasteiger partial charge in [-0.15, -0.1) is 0 Å². The van der Waals surface area contributed by atoms with Crippen LogP contribution in [0.25, 0.3) is 5.69 Å². The third-order valence-electron chi connectivity index (χ3n) is 5.72. The summed E-state index contributed by atoms with van der Waals surface area (Å²) in [5.41, 5.74) is 1.03. The van der Waals surface area contributed by atoms with E-state index in [1.54, 1.807) is 18.2 Å². The van der Waals surface area contributed by atoms with E-state index in [1.165, 1.54) is 16.8 Å². The van der Waals surface area contributed by atoms with Crippen molar-refractivity contribution in [3.8, 4) is 5.69 Å². The number of imide groups is 1. The van der Waals surface area contributed by atoms with Gasteiger partial charge in [-0.2, -0.15) is 5.10 Å². The van der Waals surface area contributed by atoms with Gasteiger partial charge in [0.25, 0.3) is 0 Å². The number of aromatic nitrogens is 2. The second kappa shape index (κ2) is 7.76. The molecular formula is C23H25FN4O3. The zero-order valence-corrected chi connectivity index (χ0v) is 17.8. The first-order valence-electron chi connectivity index (χ1n) is 10.3. The summed E-state index contributed by atoms with van der Waals surface area (Å²) in [5, 5.41) is 7.35. The number of carbonyl (C=O) groups excluding carboxylic acids is 3. The van der Waals surface area contributed by atoms with Crippen LogP contribution in [0, 0.1) is 17.7 Å². The van der Waals surface area contributed by atoms with Crippen molar-refractivity contribution in [2.24, 2.45) is 11.8 Å². The monoisotopic (exact) mass is 424 g/mol. The predicted octanol–water partition coefficient (Wildman–Crippen LogP) is 3.20. The fourth-order valence-corrected chi connectivity index (χ4v) is 3.97. The summed E-state index contributed by atoms with van der Waals surface area (Å²) in [7, 11) is 0. The highest BCUT2D eigenvalue weighted by Gasteiger charge is 2.47. The van der Waals surface area contributed by atoms with Gasteiger partial charge in [0.05, 0.1) is 23.2 Å². The van der Waals surface area contributed by atoms with Crippen molar-refractivity contribution in [2.75, 3.05) is 11.9 Å². The molecular weight excluding hydrogens is 399 g/mol. The number of nitrogens with one attached hydrogen (secondary N) is 1. The van der Waals surface area contributed by atoms with Crippen LogP contribution in [-0.2, 0) is 19.8 Å². The Morgan fingerprint density at radius 2 is 1.68 bits per heavy atom. The van der Waals surface area contributed by atoms with Gasteiger partial charge in [0.1, 0.15) is 18.2 Å². The van der Waals surface area contributed by atoms with Gasteiger partial charge < -0.3 is 5.32 Å². The van der Waals surface area contributed by atoms with Crippen molar-refractivity contribution >= 4 is 23.5 Å². The molecule has 2 heterocycles. The van der Waals surface area contributed by atoms with Gasteiger partial charge in [0.2, 0.25) is 17.7 Å². The second-order valence-corrected chi connectivity index (χ2v) is 9.02. The number of likely N-dealkylation sites (tertiary alicyclic amines) is 1. The van der Waals surface area contributed by atoms with Crippen molar-refractivity contribution in [1.82, 2.24) is 14.7 Å². The Bertz CT molecular complexity index is 1040. The molecule has 7 nitrogen and oxygen atoms in total. The molecule has 2 atom stereocenters. The van der Waals surface area contributed by atoms with E-state index in [0.717, 1.165) is 10.6 Å². The standard InChI is InChI=1S/C23H25FN4O3/c1-23(2,3)18-12-19(28(26-18)15-10-8-14(24)9-11-15)25-20(29)13-27-21(30)16-6-4-5-7-17(16)22(27)31/h4-5,8-12,16-17H,6-7,13H2,1-3H3,(H,25,29)/t16-,17-/m1/s1. The van der Waals surface area contributed by atoms with Gasteiger partial charge in [0.15, 0.2) is 0 Å². The number of halogens is 1. The highest BCUT2D eigenvalue weighted by molar-refractivity contribution is 6.08. The van der Waals surface area contributed by atoms with Crippen LogP contribution in [-0.4, -0.2) is 38.9 Å². The van der Waals surface area contributed by atoms with Gasteiger partial charge in [-0.25, -0.2) is 9.07 Å². The minimum atomic E-state index is -0.489. The molecule has 0 radical (unpaired) electrons. The summed E-state index contributed by atoms with van der Waals surface area (Å²) in [4.78, 5) is 39.1. The number of benzene rings is 1. The first kappa shape index (κ1) is 21.0. The molecule has 0 bridgehead atoms. The lowest BCUT2D eigenvalue weighted by atomic mass is 9.85. The van der Waals surface area contributed by atoms with Crippen molar-refractivity contribution in [1.29, 1.82) is 0 Å². The molecule has 1 aromatic heterocycles. The summed E-state index contributed by atoms with van der Waals surface area (Å²) in [6.45, 7) is 5.64. The molecule has 3 amide bonds. The largest absolute Gasteiger partial charge is 0.309 e. The van der Waals surface area contributed by atoms with Crippen molar-refractivity contribution in [3.63, 3.8) is 0 Å². The molecule has 31 heavy (non-hydrogen) atoms. The molecule has 8 heteroatoms. The van der Waals surface area contributed by atoms with E-state index in [9.17, 15) is 18.8 Å². The summed E-state index contributed by atoms with van der Waals surface area (Å²) in [6, 6.07) is 7.51. The van der Waals surface area contributed by atoms with Crippen LogP contribution >= 0.6 is 0 Å². The molecule has 1 aliphatic heterocycles. The fraction of sp³-hybridized carbons (Fsp3) is 0.391. The van der Waals surface area contributed by atoms with Crippen LogP contribution in [0.15, 0.2) is 42.5 Å². The van der Waals surface area contributed by atoms with Gasteiger partial charge in [0, 0.05) is 11.5 Å². The molecule has 2 aliphatic rings. The van der Waals surface area contributed by atoms with Crippen LogP contribution in [0.2, 0.25) is 0 Å². The zero-order chi connectivity index (χ0) is 22.3. The van der Waals surface area contributed by atoms with Gasteiger partial charge >= 0.3 is 0 Å². The molecule has 0 spiro atoms. The minimum absolute atomic E-state index is 0.283. The number of carbonyl (C=O) groups is 3. The van der Waals surface area contributed by atoms with Crippen molar-refractivity contribution in [2.45, 2.75) is 39.0 Å². The lowest BCUT2D eigenvalue weighted by Crippen LogP contribution is -2.38. The summed E-state index contributed by atoms with van der Waals surface area (Å²) >= 11 is 0. The maximum Gasteiger partial charge on any atom is 0.245 e. The average molecular weight is 424 g/mol. The second-order valence-electron chi connectivity index (χ2n) is 9.02. The predicted molar refractivity (Wildman–Crippen MR) is 113 cm³/mol. The molecule has 0 saturated carbocycles. The topological polar surface area (TPSA) is 84.3 Å². The smallest absolute Gasteiger partial charge is 0.245 e. The number of hydrogen-bond acceptors (Lipinski definition) is 4. The Balaban J connectivity index is 1.56. The van der Waals surface area contributed by atoms with Gasteiger partial charge in [-0.05, 0) is 37.1 Å². The molecule has 2 aromatic rings. The molecule has 0 unspecified atom stereocenters. The van der Waals surface area contributed by atoms with Crippen LogP contribution < -0.4 is 5.32 Å². The maximum absolute atomic E-state index is 13.4. The van der Waals surface area contributed by atoms with Crippen LogP contribution in [0.3, 0.4) is 0 Å². The number of rotatable bonds is 4. The molecule has 1 saturated heterocycles. The Kier molecular flexibility index (Phi) is 5.24. The Morgan fingerprint density at radius 1 is 1.10 bits per heavy atom. The SMILES string of the molecule is CC(C)(C)c1cc(NC(=O)CN2C(=O)[C@@H]3CC=CC[C@H]3C2=O)n(-c2ccc(F)cc2)n1. The number of anilines is 1. The van der Waals surface area contributed by atoms with E-state index in [0.29, 0.717) is 24.3 Å². The average Bonchev–Trinajstić information content (AvgIpc) is 3.24. The first-order valence-corrected chi connectivity index (χ1v) is 10.3. The summed E-state index contributed by atoms with van der Waals surface area (Å²) in [6.07, 6.45) is 4.87. The molecule has 1 aromatic carbocycles. The van der Waals surface area contributed by atoms with E-state index < -0.39 is 5.91 Å². The highest BCUT2D eigenvalue weighted by Crippen LogP contribution is 2.35. The number of amides is 3. The van der Waals surface area contributed by atoms with E-state index in [1.807, 2.05) is 32.9 Å². The van der Waals surface area contributed by atoms with Crippen molar-refractivity contribution in [3.05, 3.63) is 54.0 Å². The number of fused-ring (bicyclic) bond motifs is 1. The molecule has 162 valence electrons. The number of allylic oxidation sites excluding steroid dienone is 2. The summed E-state index contributed by atoms with van der Waals surface area (Å²) < 4.78 is 14.9. The van der Waals surface area contributed by atoms with Crippen LogP contribution in [0.5, 0.6) is 0 Å². The number of hydrogen-bond donors (Lipinski definition) is 1. The lowest BCUT2D eigenvalue weighted by molar-refractivity contribution is -0.142. The normalized spacial score (nSPS) is 20.8. The Labute approximate surface area is 179 Å².